The van der Waals surface area contributed by atoms with Crippen molar-refractivity contribution in [1.29, 1.82) is 0 Å². The van der Waals surface area contributed by atoms with Crippen LogP contribution in [0.15, 0.2) is 18.2 Å². The number of ether oxygens (including phenoxy) is 1. The third-order valence-corrected chi connectivity index (χ3v) is 8.28. The molecule has 0 radical (unpaired) electrons. The average molecular weight is 701 g/mol. The highest BCUT2D eigenvalue weighted by Gasteiger charge is 2.42. The van der Waals surface area contributed by atoms with E-state index in [4.69, 9.17) is 23.2 Å². The van der Waals surface area contributed by atoms with Crippen LogP contribution in [0.3, 0.4) is 0 Å². The molecule has 0 atom stereocenters. The molecule has 3 N–H and O–H groups in total. The van der Waals surface area contributed by atoms with Gasteiger partial charge in [0.2, 0.25) is 11.9 Å². The summed E-state index contributed by atoms with van der Waals surface area (Å²) in [7, 11) is 0. The number of imidazole rings is 1. The number of nitrogens with one attached hydrogen (secondary N) is 2. The first kappa shape index (κ1) is 35.4. The summed E-state index contributed by atoms with van der Waals surface area (Å²) in [6.45, 7) is 3.10. The molecule has 1 saturated carbocycles. The molecule has 3 aromatic rings. The van der Waals surface area contributed by atoms with Crippen LogP contribution in [0.4, 0.5) is 42.4 Å². The summed E-state index contributed by atoms with van der Waals surface area (Å²) < 4.78 is 101. The summed E-state index contributed by atoms with van der Waals surface area (Å²) in [5.41, 5.74) is -2.03. The second-order valence-corrected chi connectivity index (χ2v) is 12.7. The van der Waals surface area contributed by atoms with E-state index in [1.165, 1.54) is 10.6 Å². The van der Waals surface area contributed by atoms with Gasteiger partial charge >= 0.3 is 18.3 Å². The number of aromatic carboxylic acids is 1. The number of fused-ring (bicyclic) bond motifs is 1. The summed E-state index contributed by atoms with van der Waals surface area (Å²) in [5, 5.41) is 15.3. The van der Waals surface area contributed by atoms with E-state index in [-0.39, 0.29) is 65.3 Å². The lowest BCUT2D eigenvalue weighted by Gasteiger charge is -2.32. The van der Waals surface area contributed by atoms with Crippen molar-refractivity contribution in [3.8, 4) is 5.75 Å². The Morgan fingerprint density at radius 2 is 1.70 bits per heavy atom. The highest BCUT2D eigenvalue weighted by Crippen LogP contribution is 2.45. The van der Waals surface area contributed by atoms with Crippen LogP contribution >= 0.6 is 23.2 Å². The van der Waals surface area contributed by atoms with E-state index in [2.05, 4.69) is 20.4 Å². The lowest BCUT2D eigenvalue weighted by molar-refractivity contribution is -0.183. The molecule has 0 bridgehead atoms. The third-order valence-electron chi connectivity index (χ3n) is 7.53. The number of carbonyl (C=O) groups excluding carboxylic acids is 1. The number of hydrogen-bond acceptors (Lipinski definition) is 5. The lowest BCUT2D eigenvalue weighted by atomic mass is 9.85. The van der Waals surface area contributed by atoms with E-state index in [0.717, 1.165) is 6.07 Å². The maximum atomic E-state index is 16.1. The number of aromatic nitrogens is 2. The van der Waals surface area contributed by atoms with Crippen LogP contribution in [0.5, 0.6) is 5.75 Å². The molecule has 252 valence electrons. The number of halogens is 9. The van der Waals surface area contributed by atoms with E-state index in [9.17, 15) is 41.0 Å². The van der Waals surface area contributed by atoms with Gasteiger partial charge in [-0.25, -0.2) is 14.2 Å². The van der Waals surface area contributed by atoms with Gasteiger partial charge in [-0.1, -0.05) is 50.0 Å². The van der Waals surface area contributed by atoms with Crippen molar-refractivity contribution in [2.45, 2.75) is 71.4 Å². The average Bonchev–Trinajstić information content (AvgIpc) is 3.30. The second kappa shape index (κ2) is 13.0. The molecule has 8 nitrogen and oxygen atoms in total. The normalized spacial score (nSPS) is 17.7. The number of nitrogens with zero attached hydrogens (tertiary/aromatic N) is 2. The third kappa shape index (κ3) is 7.73. The van der Waals surface area contributed by atoms with Crippen molar-refractivity contribution in [2.24, 2.45) is 11.3 Å². The van der Waals surface area contributed by atoms with E-state index >= 15 is 4.39 Å². The van der Waals surface area contributed by atoms with Gasteiger partial charge in [-0.3, -0.25) is 4.79 Å². The molecular weight excluding hydrogens is 672 g/mol. The first-order valence-electron chi connectivity index (χ1n) is 13.9. The zero-order chi connectivity index (χ0) is 34.4. The Morgan fingerprint density at radius 3 is 2.24 bits per heavy atom. The standard InChI is InChI=1S/C29H29Cl2F7N4O4/c1-27(2,3)25(45)39-11-13-4-9-17(30)21(19(13)31)41-26-40-18-10-16(24(43)44)23(46-12-28(33,34)35)20(32)22(18)42(26)15-7-5-14(6-8-15)29(36,37)38/h4,9-10,14-15H,5-8,11-12H2,1-3H3,(H,39,45)(H,40,41)(H,43,44). The van der Waals surface area contributed by atoms with E-state index in [1.54, 1.807) is 26.8 Å². The Balaban J connectivity index is 1.85. The topological polar surface area (TPSA) is 105 Å². The number of carboxylic acids is 1. The van der Waals surface area contributed by atoms with Crippen LogP contribution < -0.4 is 15.4 Å². The molecule has 0 unspecified atom stereocenters. The summed E-state index contributed by atoms with van der Waals surface area (Å²) in [4.78, 5) is 28.6. The van der Waals surface area contributed by atoms with Crippen molar-refractivity contribution in [1.82, 2.24) is 14.9 Å². The Morgan fingerprint density at radius 1 is 1.07 bits per heavy atom. The van der Waals surface area contributed by atoms with Crippen molar-refractivity contribution in [3.63, 3.8) is 0 Å². The van der Waals surface area contributed by atoms with Crippen molar-refractivity contribution >= 4 is 57.7 Å². The lowest BCUT2D eigenvalue weighted by Crippen LogP contribution is -2.34. The highest BCUT2D eigenvalue weighted by atomic mass is 35.5. The molecule has 46 heavy (non-hydrogen) atoms. The van der Waals surface area contributed by atoms with Crippen molar-refractivity contribution in [3.05, 3.63) is 45.2 Å². The molecule has 1 amide bonds. The van der Waals surface area contributed by atoms with Crippen LogP contribution in [0.2, 0.25) is 10.0 Å². The van der Waals surface area contributed by atoms with Gasteiger partial charge in [-0.15, -0.1) is 0 Å². The fourth-order valence-electron chi connectivity index (χ4n) is 5.16. The van der Waals surface area contributed by atoms with Gasteiger partial charge in [-0.05, 0) is 43.4 Å². The monoisotopic (exact) mass is 700 g/mol. The fourth-order valence-corrected chi connectivity index (χ4v) is 5.69. The van der Waals surface area contributed by atoms with Gasteiger partial charge in [0.1, 0.15) is 11.1 Å². The predicted molar refractivity (Wildman–Crippen MR) is 156 cm³/mol. The predicted octanol–water partition coefficient (Wildman–Crippen LogP) is 8.82. The fraction of sp³-hybridized carbons (Fsp3) is 0.483. The molecular formula is C29H29Cl2F7N4O4. The molecule has 1 aliphatic rings. The zero-order valence-corrected chi connectivity index (χ0v) is 26.1. The Kier molecular flexibility index (Phi) is 9.98. The number of benzene rings is 2. The quantitative estimate of drug-likeness (QED) is 0.203. The van der Waals surface area contributed by atoms with Gasteiger partial charge in [0.05, 0.1) is 27.2 Å². The minimum Gasteiger partial charge on any atom is -0.480 e. The smallest absolute Gasteiger partial charge is 0.422 e. The van der Waals surface area contributed by atoms with Gasteiger partial charge < -0.3 is 25.0 Å². The SMILES string of the molecule is CC(C)(C)C(=O)NCc1ccc(Cl)c(Nc2nc3cc(C(=O)O)c(OCC(F)(F)F)c(F)c3n2C2CCC(C(F)(F)F)CC2)c1Cl. The molecule has 1 aromatic heterocycles. The summed E-state index contributed by atoms with van der Waals surface area (Å²) in [6, 6.07) is 2.96. The molecule has 17 heteroatoms. The van der Waals surface area contributed by atoms with Crippen molar-refractivity contribution in [2.75, 3.05) is 11.9 Å². The van der Waals surface area contributed by atoms with Crippen LogP contribution in [0.1, 0.15) is 68.4 Å². The number of rotatable bonds is 8. The van der Waals surface area contributed by atoms with Crippen LogP contribution in [-0.2, 0) is 11.3 Å². The van der Waals surface area contributed by atoms with Crippen LogP contribution in [0, 0.1) is 17.2 Å². The van der Waals surface area contributed by atoms with E-state index in [1.807, 2.05) is 0 Å². The molecule has 1 fully saturated rings. The van der Waals surface area contributed by atoms with Gasteiger partial charge in [0, 0.05) is 18.0 Å². The van der Waals surface area contributed by atoms with Crippen molar-refractivity contribution < 1.29 is 50.2 Å². The number of anilines is 2. The molecule has 0 spiro atoms. The minimum absolute atomic E-state index is 0.0157. The molecule has 0 aliphatic heterocycles. The number of amides is 1. The Labute approximate surface area is 268 Å². The second-order valence-electron chi connectivity index (χ2n) is 11.9. The van der Waals surface area contributed by atoms with Crippen LogP contribution in [-0.4, -0.2) is 45.5 Å². The summed E-state index contributed by atoms with van der Waals surface area (Å²) >= 11 is 13.1. The number of carbonyl (C=O) groups is 2. The Hall–Kier alpha value is -3.46. The summed E-state index contributed by atoms with van der Waals surface area (Å²) in [6.07, 6.45) is -10.3. The Bertz CT molecular complexity index is 1640. The molecule has 4 rings (SSSR count). The molecule has 0 saturated heterocycles. The van der Waals surface area contributed by atoms with Gasteiger partial charge in [0.25, 0.3) is 0 Å². The van der Waals surface area contributed by atoms with Gasteiger partial charge in [-0.2, -0.15) is 26.3 Å². The minimum atomic E-state index is -4.94. The first-order chi connectivity index (χ1) is 21.2. The maximum absolute atomic E-state index is 16.1. The number of alkyl halides is 6. The van der Waals surface area contributed by atoms with Gasteiger partial charge in [0.15, 0.2) is 18.2 Å². The first-order valence-corrected chi connectivity index (χ1v) is 14.7. The number of hydrogen-bond donors (Lipinski definition) is 3. The molecule has 1 heterocycles. The van der Waals surface area contributed by atoms with E-state index < -0.39 is 65.0 Å². The largest absolute Gasteiger partial charge is 0.480 e. The highest BCUT2D eigenvalue weighted by molar-refractivity contribution is 6.39. The zero-order valence-electron chi connectivity index (χ0n) is 24.6. The maximum Gasteiger partial charge on any atom is 0.422 e. The number of carboxylic acid groups (broad SMARTS) is 1. The summed E-state index contributed by atoms with van der Waals surface area (Å²) in [5.74, 6) is -6.61. The van der Waals surface area contributed by atoms with Crippen LogP contribution in [0.25, 0.3) is 11.0 Å². The van der Waals surface area contributed by atoms with E-state index in [0.29, 0.717) is 5.56 Å². The molecule has 1 aliphatic carbocycles. The molecule has 2 aromatic carbocycles.